The lowest BCUT2D eigenvalue weighted by molar-refractivity contribution is -0.890. The maximum absolute atomic E-state index is 2.47. The second kappa shape index (κ2) is 35.4. The SMILES string of the molecule is CCCCCCCCCCCCCCCCCC[N+](C)(C)CCCCCCCCCCCCCCCCCC.Cl. The van der Waals surface area contributed by atoms with Crippen LogP contribution in [0.1, 0.15) is 219 Å². The molecule has 0 aromatic carbocycles. The van der Waals surface area contributed by atoms with Gasteiger partial charge in [0, 0.05) is 0 Å². The highest BCUT2D eigenvalue weighted by atomic mass is 35.5. The van der Waals surface area contributed by atoms with E-state index < -0.39 is 0 Å². The van der Waals surface area contributed by atoms with E-state index in [2.05, 4.69) is 27.9 Å². The molecule has 0 aliphatic heterocycles. The zero-order valence-electron chi connectivity index (χ0n) is 28.9. The molecule has 40 heavy (non-hydrogen) atoms. The number of hydrogen-bond acceptors (Lipinski definition) is 0. The van der Waals surface area contributed by atoms with Crippen molar-refractivity contribution in [2.45, 2.75) is 219 Å². The zero-order chi connectivity index (χ0) is 28.5. The number of quaternary nitrogens is 1. The van der Waals surface area contributed by atoms with Gasteiger partial charge in [0.2, 0.25) is 0 Å². The van der Waals surface area contributed by atoms with Crippen LogP contribution in [0.15, 0.2) is 0 Å². The Labute approximate surface area is 262 Å². The highest BCUT2D eigenvalue weighted by Gasteiger charge is 2.13. The van der Waals surface area contributed by atoms with Crippen LogP contribution in [-0.4, -0.2) is 31.7 Å². The third-order valence-electron chi connectivity index (χ3n) is 9.23. The topological polar surface area (TPSA) is 0 Å². The third-order valence-corrected chi connectivity index (χ3v) is 9.23. The Kier molecular flexibility index (Phi) is 37.6. The molecule has 0 fully saturated rings. The normalized spacial score (nSPS) is 11.7. The van der Waals surface area contributed by atoms with E-state index in [4.69, 9.17) is 0 Å². The van der Waals surface area contributed by atoms with Gasteiger partial charge in [0.1, 0.15) is 0 Å². The van der Waals surface area contributed by atoms with Crippen molar-refractivity contribution < 1.29 is 4.48 Å². The lowest BCUT2D eigenvalue weighted by atomic mass is 10.0. The molecule has 0 saturated heterocycles. The first kappa shape index (κ1) is 42.4. The Hall–Kier alpha value is 0.250. The van der Waals surface area contributed by atoms with Gasteiger partial charge in [0.15, 0.2) is 0 Å². The summed E-state index contributed by atoms with van der Waals surface area (Å²) in [5, 5.41) is 0. The maximum Gasteiger partial charge on any atom is 0.0782 e. The van der Waals surface area contributed by atoms with E-state index in [0.717, 1.165) is 0 Å². The molecule has 2 heteroatoms. The van der Waals surface area contributed by atoms with E-state index in [1.54, 1.807) is 0 Å². The number of halogens is 1. The fraction of sp³-hybridized carbons (Fsp3) is 1.00. The first-order chi connectivity index (χ1) is 19.1. The first-order valence-electron chi connectivity index (χ1n) is 18.9. The smallest absolute Gasteiger partial charge is 0.0782 e. The van der Waals surface area contributed by atoms with Gasteiger partial charge < -0.3 is 4.48 Å². The zero-order valence-corrected chi connectivity index (χ0v) is 29.7. The van der Waals surface area contributed by atoms with Crippen molar-refractivity contribution in [1.29, 1.82) is 0 Å². The highest BCUT2D eigenvalue weighted by molar-refractivity contribution is 5.85. The van der Waals surface area contributed by atoms with Gasteiger partial charge in [-0.05, 0) is 25.7 Å². The van der Waals surface area contributed by atoms with Crippen LogP contribution < -0.4 is 0 Å². The molecule has 0 rings (SSSR count). The minimum absolute atomic E-state index is 0. The van der Waals surface area contributed by atoms with E-state index >= 15 is 0 Å². The van der Waals surface area contributed by atoms with Crippen LogP contribution in [0.25, 0.3) is 0 Å². The van der Waals surface area contributed by atoms with Crippen molar-refractivity contribution in [1.82, 2.24) is 0 Å². The maximum atomic E-state index is 2.47. The number of hydrogen-bond donors (Lipinski definition) is 0. The molecule has 0 bridgehead atoms. The van der Waals surface area contributed by atoms with Crippen molar-refractivity contribution in [2.24, 2.45) is 0 Å². The Balaban J connectivity index is 0. The summed E-state index contributed by atoms with van der Waals surface area (Å²) < 4.78 is 1.25. The van der Waals surface area contributed by atoms with Crippen LogP contribution in [0.5, 0.6) is 0 Å². The molecule has 0 aliphatic carbocycles. The molecule has 0 atom stereocenters. The Morgan fingerprint density at radius 2 is 0.400 bits per heavy atom. The Morgan fingerprint density at radius 3 is 0.575 bits per heavy atom. The van der Waals surface area contributed by atoms with E-state index in [1.807, 2.05) is 0 Å². The summed E-state index contributed by atoms with van der Waals surface area (Å²) in [7, 11) is 4.94. The van der Waals surface area contributed by atoms with Gasteiger partial charge in [-0.1, -0.05) is 194 Å². The fourth-order valence-corrected chi connectivity index (χ4v) is 6.29. The van der Waals surface area contributed by atoms with Crippen molar-refractivity contribution in [3.05, 3.63) is 0 Å². The van der Waals surface area contributed by atoms with Crippen LogP contribution in [0.3, 0.4) is 0 Å². The van der Waals surface area contributed by atoms with Crippen molar-refractivity contribution in [2.75, 3.05) is 27.2 Å². The van der Waals surface area contributed by atoms with Gasteiger partial charge in [0.05, 0.1) is 27.2 Å². The lowest BCUT2D eigenvalue weighted by Gasteiger charge is -2.30. The van der Waals surface area contributed by atoms with Crippen LogP contribution in [0.4, 0.5) is 0 Å². The molecule has 0 radical (unpaired) electrons. The van der Waals surface area contributed by atoms with Gasteiger partial charge in [-0.2, -0.15) is 0 Å². The summed E-state index contributed by atoms with van der Waals surface area (Å²) in [4.78, 5) is 0. The highest BCUT2D eigenvalue weighted by Crippen LogP contribution is 2.16. The summed E-state index contributed by atoms with van der Waals surface area (Å²) in [6.07, 6.45) is 46.9. The van der Waals surface area contributed by atoms with Gasteiger partial charge in [-0.25, -0.2) is 0 Å². The fourth-order valence-electron chi connectivity index (χ4n) is 6.29. The summed E-state index contributed by atoms with van der Waals surface area (Å²) in [6, 6.07) is 0. The van der Waals surface area contributed by atoms with Crippen molar-refractivity contribution in [3.63, 3.8) is 0 Å². The molecular formula is C38H81ClN+. The summed E-state index contributed by atoms with van der Waals surface area (Å²) in [6.45, 7) is 7.39. The molecule has 0 aliphatic rings. The van der Waals surface area contributed by atoms with Crippen molar-refractivity contribution in [3.8, 4) is 0 Å². The summed E-state index contributed by atoms with van der Waals surface area (Å²) in [5.41, 5.74) is 0. The Bertz CT molecular complexity index is 397. The minimum atomic E-state index is 0. The van der Waals surface area contributed by atoms with Crippen LogP contribution in [-0.2, 0) is 0 Å². The van der Waals surface area contributed by atoms with Gasteiger partial charge in [0.25, 0.3) is 0 Å². The molecule has 0 unspecified atom stereocenters. The molecular weight excluding hydrogens is 506 g/mol. The van der Waals surface area contributed by atoms with Crippen LogP contribution >= 0.6 is 12.4 Å². The van der Waals surface area contributed by atoms with Gasteiger partial charge >= 0.3 is 0 Å². The second-order valence-corrected chi connectivity index (χ2v) is 14.0. The molecule has 0 N–H and O–H groups in total. The molecule has 0 amide bonds. The lowest BCUT2D eigenvalue weighted by Crippen LogP contribution is -2.41. The van der Waals surface area contributed by atoms with Crippen molar-refractivity contribution >= 4 is 12.4 Å². The molecule has 0 heterocycles. The average Bonchev–Trinajstić information content (AvgIpc) is 2.92. The molecule has 0 spiro atoms. The molecule has 244 valence electrons. The summed E-state index contributed by atoms with van der Waals surface area (Å²) >= 11 is 0. The predicted molar refractivity (Wildman–Crippen MR) is 188 cm³/mol. The van der Waals surface area contributed by atoms with E-state index in [0.29, 0.717) is 0 Å². The quantitative estimate of drug-likeness (QED) is 0.0519. The van der Waals surface area contributed by atoms with Crippen LogP contribution in [0.2, 0.25) is 0 Å². The van der Waals surface area contributed by atoms with E-state index in [-0.39, 0.29) is 12.4 Å². The van der Waals surface area contributed by atoms with Gasteiger partial charge in [-0.15, -0.1) is 12.4 Å². The molecule has 0 aromatic heterocycles. The number of rotatable bonds is 34. The monoisotopic (exact) mass is 587 g/mol. The average molecular weight is 588 g/mol. The number of nitrogens with zero attached hydrogens (tertiary/aromatic N) is 1. The Morgan fingerprint density at radius 1 is 0.250 bits per heavy atom. The standard InChI is InChI=1S/C38H80N.ClH/c1-5-7-9-11-13-15-17-19-21-23-25-27-29-31-33-35-37-39(3,4)38-36-34-32-30-28-26-24-22-20-18-16-14-12-10-8-6-2;/h5-38H2,1-4H3;1H/q+1;. The predicted octanol–water partition coefficient (Wildman–Crippen LogP) is 14.0. The van der Waals surface area contributed by atoms with E-state index in [1.165, 1.54) is 223 Å². The second-order valence-electron chi connectivity index (χ2n) is 14.0. The van der Waals surface area contributed by atoms with E-state index in [9.17, 15) is 0 Å². The van der Waals surface area contributed by atoms with Gasteiger partial charge in [-0.3, -0.25) is 0 Å². The molecule has 1 nitrogen and oxygen atoms in total. The summed E-state index contributed by atoms with van der Waals surface area (Å²) in [5.74, 6) is 0. The largest absolute Gasteiger partial charge is 0.328 e. The first-order valence-corrected chi connectivity index (χ1v) is 18.9. The minimum Gasteiger partial charge on any atom is -0.328 e. The molecule has 0 saturated carbocycles. The molecule has 0 aromatic rings. The third kappa shape index (κ3) is 36.3. The number of unbranched alkanes of at least 4 members (excludes halogenated alkanes) is 30. The van der Waals surface area contributed by atoms with Crippen LogP contribution in [0, 0.1) is 0 Å².